The third-order valence-corrected chi connectivity index (χ3v) is 4.40. The van der Waals surface area contributed by atoms with Crippen LogP contribution in [0.3, 0.4) is 0 Å². The van der Waals surface area contributed by atoms with Crippen LogP contribution in [0.1, 0.15) is 5.56 Å². The number of benzene rings is 1. The fourth-order valence-electron chi connectivity index (χ4n) is 2.76. The van der Waals surface area contributed by atoms with E-state index in [4.69, 9.17) is 0 Å². The molecule has 5 heteroatoms. The lowest BCUT2D eigenvalue weighted by molar-refractivity contribution is 0.238. The van der Waals surface area contributed by atoms with E-state index in [1.54, 1.807) is 12.1 Å². The smallest absolute Gasteiger partial charge is 0.123 e. The minimum atomic E-state index is -0.186. The summed E-state index contributed by atoms with van der Waals surface area (Å²) >= 11 is 3.56. The van der Waals surface area contributed by atoms with Crippen molar-refractivity contribution in [1.82, 2.24) is 15.2 Å². The lowest BCUT2D eigenvalue weighted by Crippen LogP contribution is -2.49. The number of aromatic amines is 1. The van der Waals surface area contributed by atoms with Crippen LogP contribution in [0.15, 0.2) is 22.8 Å². The molecule has 2 heterocycles. The molecule has 3 rings (SSSR count). The van der Waals surface area contributed by atoms with Gasteiger partial charge < -0.3 is 15.2 Å². The van der Waals surface area contributed by atoms with Gasteiger partial charge in [-0.05, 0) is 53.2 Å². The summed E-state index contributed by atoms with van der Waals surface area (Å²) in [6, 6.07) is 5.30. The predicted molar refractivity (Wildman–Crippen MR) is 78.9 cm³/mol. The summed E-state index contributed by atoms with van der Waals surface area (Å²) in [4.78, 5) is 5.59. The Hall–Kier alpha value is -0.910. The molecule has 3 nitrogen and oxygen atoms in total. The number of H-pyrrole nitrogens is 1. The van der Waals surface area contributed by atoms with Crippen LogP contribution in [-0.4, -0.2) is 42.6 Å². The maximum absolute atomic E-state index is 13.4. The van der Waals surface area contributed by atoms with E-state index < -0.39 is 0 Å². The first kappa shape index (κ1) is 13.1. The molecule has 2 N–H and O–H groups in total. The number of hydrogen-bond donors (Lipinski definition) is 2. The van der Waals surface area contributed by atoms with Crippen LogP contribution in [0.4, 0.5) is 4.39 Å². The second-order valence-electron chi connectivity index (χ2n) is 5.22. The maximum Gasteiger partial charge on any atom is 0.123 e. The molecule has 0 saturated carbocycles. The molecule has 19 heavy (non-hydrogen) atoms. The van der Waals surface area contributed by atoms with E-state index in [-0.39, 0.29) is 5.82 Å². The molecule has 1 aliphatic rings. The Labute approximate surface area is 120 Å². The number of likely N-dealkylation sites (N-methyl/N-ethyl adjacent to an activating group) is 1. The topological polar surface area (TPSA) is 31.1 Å². The molecule has 0 aliphatic carbocycles. The van der Waals surface area contributed by atoms with Gasteiger partial charge in [0.1, 0.15) is 5.82 Å². The van der Waals surface area contributed by atoms with Gasteiger partial charge in [-0.25, -0.2) is 4.39 Å². The van der Waals surface area contributed by atoms with E-state index in [2.05, 4.69) is 38.2 Å². The summed E-state index contributed by atoms with van der Waals surface area (Å²) in [7, 11) is 2.14. The Bertz CT molecular complexity index is 596. The molecule has 1 aromatic carbocycles. The number of nitrogens with one attached hydrogen (secondary N) is 2. The van der Waals surface area contributed by atoms with Crippen molar-refractivity contribution in [3.63, 3.8) is 0 Å². The second-order valence-corrected chi connectivity index (χ2v) is 6.02. The number of aromatic nitrogens is 1. The second kappa shape index (κ2) is 5.23. The molecule has 1 fully saturated rings. The first-order valence-electron chi connectivity index (χ1n) is 6.51. The van der Waals surface area contributed by atoms with Crippen molar-refractivity contribution in [1.29, 1.82) is 0 Å². The van der Waals surface area contributed by atoms with Crippen LogP contribution in [0.5, 0.6) is 0 Å². The zero-order valence-corrected chi connectivity index (χ0v) is 12.4. The van der Waals surface area contributed by atoms with Crippen molar-refractivity contribution >= 4 is 26.8 Å². The van der Waals surface area contributed by atoms with Crippen molar-refractivity contribution in [2.75, 3.05) is 26.7 Å². The van der Waals surface area contributed by atoms with Crippen LogP contribution < -0.4 is 5.32 Å². The minimum absolute atomic E-state index is 0.186. The first-order chi connectivity index (χ1) is 9.13. The number of halogens is 2. The van der Waals surface area contributed by atoms with Crippen LogP contribution in [0.25, 0.3) is 10.9 Å². The van der Waals surface area contributed by atoms with Gasteiger partial charge in [0.25, 0.3) is 0 Å². The summed E-state index contributed by atoms with van der Waals surface area (Å²) in [5, 5.41) is 4.50. The normalized spacial score (nSPS) is 21.1. The van der Waals surface area contributed by atoms with Crippen molar-refractivity contribution in [3.8, 4) is 0 Å². The predicted octanol–water partition coefficient (Wildman–Crippen LogP) is 2.52. The average Bonchev–Trinajstić information content (AvgIpc) is 2.66. The average molecular weight is 326 g/mol. The molecule has 1 unspecified atom stereocenters. The Kier molecular flexibility index (Phi) is 3.60. The molecule has 2 aromatic rings. The number of rotatable bonds is 2. The van der Waals surface area contributed by atoms with Gasteiger partial charge in [-0.15, -0.1) is 0 Å². The molecule has 0 amide bonds. The molecular weight excluding hydrogens is 309 g/mol. The van der Waals surface area contributed by atoms with Gasteiger partial charge in [0.15, 0.2) is 0 Å². The van der Waals surface area contributed by atoms with Crippen molar-refractivity contribution < 1.29 is 4.39 Å². The fraction of sp³-hybridized carbons (Fsp3) is 0.429. The SMILES string of the molecule is CN1CCNC(Cc2c(Br)[nH]c3ccc(F)cc23)C1. The largest absolute Gasteiger partial charge is 0.349 e. The molecule has 0 radical (unpaired) electrons. The highest BCUT2D eigenvalue weighted by molar-refractivity contribution is 9.10. The summed E-state index contributed by atoms with van der Waals surface area (Å²) < 4.78 is 14.4. The van der Waals surface area contributed by atoms with Gasteiger partial charge in [-0.1, -0.05) is 0 Å². The molecule has 102 valence electrons. The molecule has 1 aliphatic heterocycles. The van der Waals surface area contributed by atoms with Crippen molar-refractivity contribution in [2.24, 2.45) is 0 Å². The monoisotopic (exact) mass is 325 g/mol. The highest BCUT2D eigenvalue weighted by Gasteiger charge is 2.20. The van der Waals surface area contributed by atoms with E-state index in [0.717, 1.165) is 47.1 Å². The quantitative estimate of drug-likeness (QED) is 0.889. The molecule has 1 aromatic heterocycles. The summed E-state index contributed by atoms with van der Waals surface area (Å²) in [5.41, 5.74) is 2.13. The molecule has 1 saturated heterocycles. The zero-order chi connectivity index (χ0) is 13.4. The van der Waals surface area contributed by atoms with Gasteiger partial charge >= 0.3 is 0 Å². The van der Waals surface area contributed by atoms with Crippen molar-refractivity contribution in [2.45, 2.75) is 12.5 Å². The van der Waals surface area contributed by atoms with Crippen LogP contribution in [0.2, 0.25) is 0 Å². The van der Waals surface area contributed by atoms with E-state index in [1.807, 2.05) is 0 Å². The summed E-state index contributed by atoms with van der Waals surface area (Å²) in [6.07, 6.45) is 0.897. The lowest BCUT2D eigenvalue weighted by Gasteiger charge is -2.31. The van der Waals surface area contributed by atoms with Crippen LogP contribution in [0, 0.1) is 5.82 Å². The molecular formula is C14H17BrFN3. The number of fused-ring (bicyclic) bond motifs is 1. The number of piperazine rings is 1. The Morgan fingerprint density at radius 2 is 2.32 bits per heavy atom. The van der Waals surface area contributed by atoms with E-state index >= 15 is 0 Å². The Morgan fingerprint density at radius 3 is 3.11 bits per heavy atom. The third kappa shape index (κ3) is 2.68. The van der Waals surface area contributed by atoms with Crippen LogP contribution >= 0.6 is 15.9 Å². The van der Waals surface area contributed by atoms with Crippen LogP contribution in [-0.2, 0) is 6.42 Å². The van der Waals surface area contributed by atoms with Gasteiger partial charge in [-0.3, -0.25) is 0 Å². The van der Waals surface area contributed by atoms with E-state index in [1.165, 1.54) is 6.07 Å². The van der Waals surface area contributed by atoms with Gasteiger partial charge in [0.2, 0.25) is 0 Å². The zero-order valence-electron chi connectivity index (χ0n) is 10.8. The maximum atomic E-state index is 13.4. The van der Waals surface area contributed by atoms with Gasteiger partial charge in [0.05, 0.1) is 4.60 Å². The minimum Gasteiger partial charge on any atom is -0.349 e. The number of nitrogens with zero attached hydrogens (tertiary/aromatic N) is 1. The van der Waals surface area contributed by atoms with Gasteiger partial charge in [-0.2, -0.15) is 0 Å². The van der Waals surface area contributed by atoms with Crippen molar-refractivity contribution in [3.05, 3.63) is 34.2 Å². The molecule has 0 spiro atoms. The van der Waals surface area contributed by atoms with Gasteiger partial charge in [0, 0.05) is 36.6 Å². The van der Waals surface area contributed by atoms with E-state index in [9.17, 15) is 4.39 Å². The Balaban J connectivity index is 1.91. The summed E-state index contributed by atoms with van der Waals surface area (Å²) in [6.45, 7) is 3.12. The Morgan fingerprint density at radius 1 is 1.47 bits per heavy atom. The lowest BCUT2D eigenvalue weighted by atomic mass is 10.0. The number of hydrogen-bond acceptors (Lipinski definition) is 2. The third-order valence-electron chi connectivity index (χ3n) is 3.73. The first-order valence-corrected chi connectivity index (χ1v) is 7.30. The molecule has 0 bridgehead atoms. The van der Waals surface area contributed by atoms with E-state index in [0.29, 0.717) is 6.04 Å². The fourth-order valence-corrected chi connectivity index (χ4v) is 3.35. The summed E-state index contributed by atoms with van der Waals surface area (Å²) in [5.74, 6) is -0.186. The standard InChI is InChI=1S/C14H17BrFN3/c1-19-5-4-17-10(8-19)7-12-11-6-9(16)2-3-13(11)18-14(12)15/h2-3,6,10,17-18H,4-5,7-8H2,1H3. The molecule has 1 atom stereocenters. The highest BCUT2D eigenvalue weighted by Crippen LogP contribution is 2.28. The highest BCUT2D eigenvalue weighted by atomic mass is 79.9.